The first-order valence-corrected chi connectivity index (χ1v) is 8.37. The molecule has 4 heteroatoms. The van der Waals surface area contributed by atoms with E-state index in [1.54, 1.807) is 0 Å². The number of ether oxygens (including phenoxy) is 1. The standard InChI is InChI=1S/C18H28N2O2/c1-14(2)13-22-17-6-4-3-5-16(17)20-18(21)8-7-15-9-11-19-12-10-15/h3-6,14-15,19H,7-13H2,1-2H3,(H,20,21). The zero-order chi connectivity index (χ0) is 15.8. The minimum Gasteiger partial charge on any atom is -0.491 e. The van der Waals surface area contributed by atoms with Crippen LogP contribution in [0.4, 0.5) is 5.69 Å². The van der Waals surface area contributed by atoms with Gasteiger partial charge in [-0.3, -0.25) is 4.79 Å². The van der Waals surface area contributed by atoms with Gasteiger partial charge in [0.15, 0.2) is 0 Å². The zero-order valence-corrected chi connectivity index (χ0v) is 13.7. The fourth-order valence-electron chi connectivity index (χ4n) is 2.67. The van der Waals surface area contributed by atoms with Crippen LogP contribution < -0.4 is 15.4 Å². The molecule has 0 radical (unpaired) electrons. The third-order valence-corrected chi connectivity index (χ3v) is 3.97. The topological polar surface area (TPSA) is 50.4 Å². The van der Waals surface area contributed by atoms with E-state index in [9.17, 15) is 4.79 Å². The van der Waals surface area contributed by atoms with E-state index in [1.165, 1.54) is 12.8 Å². The maximum absolute atomic E-state index is 12.2. The Bertz CT molecular complexity index is 468. The highest BCUT2D eigenvalue weighted by atomic mass is 16.5. The van der Waals surface area contributed by atoms with Crippen molar-refractivity contribution < 1.29 is 9.53 Å². The normalized spacial score (nSPS) is 15.8. The van der Waals surface area contributed by atoms with Crippen LogP contribution in [0.2, 0.25) is 0 Å². The molecule has 4 nitrogen and oxygen atoms in total. The fraction of sp³-hybridized carbons (Fsp3) is 0.611. The lowest BCUT2D eigenvalue weighted by atomic mass is 9.93. The Labute approximate surface area is 133 Å². The Morgan fingerprint density at radius 3 is 2.77 bits per heavy atom. The van der Waals surface area contributed by atoms with Crippen molar-refractivity contribution >= 4 is 11.6 Å². The maximum atomic E-state index is 12.2. The summed E-state index contributed by atoms with van der Waals surface area (Å²) in [6.45, 7) is 7.04. The van der Waals surface area contributed by atoms with Gasteiger partial charge in [0.05, 0.1) is 12.3 Å². The van der Waals surface area contributed by atoms with Gasteiger partial charge in [0, 0.05) is 6.42 Å². The van der Waals surface area contributed by atoms with Crippen LogP contribution >= 0.6 is 0 Å². The molecule has 122 valence electrons. The molecule has 1 aliphatic rings. The number of anilines is 1. The Kier molecular flexibility index (Phi) is 6.72. The lowest BCUT2D eigenvalue weighted by molar-refractivity contribution is -0.116. The number of hydrogen-bond acceptors (Lipinski definition) is 3. The fourth-order valence-corrected chi connectivity index (χ4v) is 2.67. The van der Waals surface area contributed by atoms with Crippen LogP contribution in [-0.2, 0) is 4.79 Å². The number of hydrogen-bond donors (Lipinski definition) is 2. The molecule has 1 amide bonds. The average molecular weight is 304 g/mol. The molecule has 0 atom stereocenters. The minimum atomic E-state index is 0.0825. The van der Waals surface area contributed by atoms with Gasteiger partial charge in [-0.1, -0.05) is 26.0 Å². The number of amides is 1. The van der Waals surface area contributed by atoms with Crippen LogP contribution in [0.5, 0.6) is 5.75 Å². The second-order valence-corrected chi connectivity index (χ2v) is 6.48. The molecule has 0 aromatic heterocycles. The lowest BCUT2D eigenvalue weighted by Gasteiger charge is -2.22. The van der Waals surface area contributed by atoms with Crippen molar-refractivity contribution in [3.05, 3.63) is 24.3 Å². The molecule has 1 aliphatic heterocycles. The van der Waals surface area contributed by atoms with Gasteiger partial charge in [-0.2, -0.15) is 0 Å². The van der Waals surface area contributed by atoms with Gasteiger partial charge >= 0.3 is 0 Å². The number of para-hydroxylation sites is 2. The maximum Gasteiger partial charge on any atom is 0.224 e. The summed E-state index contributed by atoms with van der Waals surface area (Å²) < 4.78 is 5.77. The van der Waals surface area contributed by atoms with Gasteiger partial charge in [0.1, 0.15) is 5.75 Å². The summed E-state index contributed by atoms with van der Waals surface area (Å²) in [7, 11) is 0. The first kappa shape index (κ1) is 16.8. The van der Waals surface area contributed by atoms with E-state index in [4.69, 9.17) is 4.74 Å². The van der Waals surface area contributed by atoms with E-state index < -0.39 is 0 Å². The number of rotatable bonds is 7. The van der Waals surface area contributed by atoms with Crippen molar-refractivity contribution in [3.63, 3.8) is 0 Å². The molecule has 1 saturated heterocycles. The lowest BCUT2D eigenvalue weighted by Crippen LogP contribution is -2.28. The Morgan fingerprint density at radius 2 is 2.05 bits per heavy atom. The van der Waals surface area contributed by atoms with Gasteiger partial charge in [-0.05, 0) is 56.3 Å². The smallest absolute Gasteiger partial charge is 0.224 e. The van der Waals surface area contributed by atoms with Crippen LogP contribution in [0.3, 0.4) is 0 Å². The van der Waals surface area contributed by atoms with Gasteiger partial charge in [0.2, 0.25) is 5.91 Å². The molecule has 2 N–H and O–H groups in total. The predicted octanol–water partition coefficient (Wildman–Crippen LogP) is 3.44. The first-order chi connectivity index (χ1) is 10.6. The number of benzene rings is 1. The molecule has 1 heterocycles. The molecule has 0 bridgehead atoms. The third-order valence-electron chi connectivity index (χ3n) is 3.97. The molecule has 0 unspecified atom stereocenters. The van der Waals surface area contributed by atoms with Crippen molar-refractivity contribution in [3.8, 4) is 5.75 Å². The monoisotopic (exact) mass is 304 g/mol. The molecule has 0 spiro atoms. The zero-order valence-electron chi connectivity index (χ0n) is 13.7. The second-order valence-electron chi connectivity index (χ2n) is 6.48. The third kappa shape index (κ3) is 5.68. The summed E-state index contributed by atoms with van der Waals surface area (Å²) in [6.07, 6.45) is 3.93. The Balaban J connectivity index is 1.82. The second kappa shape index (κ2) is 8.79. The van der Waals surface area contributed by atoms with Crippen molar-refractivity contribution in [2.45, 2.75) is 39.5 Å². The summed E-state index contributed by atoms with van der Waals surface area (Å²) in [5.74, 6) is 1.98. The minimum absolute atomic E-state index is 0.0825. The van der Waals surface area contributed by atoms with Crippen molar-refractivity contribution in [2.24, 2.45) is 11.8 Å². The number of carbonyl (C=O) groups excluding carboxylic acids is 1. The van der Waals surface area contributed by atoms with E-state index in [1.807, 2.05) is 24.3 Å². The molecule has 2 rings (SSSR count). The van der Waals surface area contributed by atoms with Crippen molar-refractivity contribution in [1.82, 2.24) is 5.32 Å². The molecule has 1 fully saturated rings. The molecule has 1 aromatic rings. The SMILES string of the molecule is CC(C)COc1ccccc1NC(=O)CCC1CCNCC1. The summed E-state index contributed by atoms with van der Waals surface area (Å²) >= 11 is 0. The van der Waals surface area contributed by atoms with Crippen LogP contribution in [0, 0.1) is 11.8 Å². The molecular formula is C18H28N2O2. The Hall–Kier alpha value is -1.55. The van der Waals surface area contributed by atoms with Crippen LogP contribution in [-0.4, -0.2) is 25.6 Å². The molecule has 0 saturated carbocycles. The van der Waals surface area contributed by atoms with E-state index >= 15 is 0 Å². The van der Waals surface area contributed by atoms with Crippen LogP contribution in [0.25, 0.3) is 0 Å². The largest absolute Gasteiger partial charge is 0.491 e. The summed E-state index contributed by atoms with van der Waals surface area (Å²) in [5, 5.41) is 6.35. The first-order valence-electron chi connectivity index (χ1n) is 8.37. The van der Waals surface area contributed by atoms with Crippen LogP contribution in [0.15, 0.2) is 24.3 Å². The van der Waals surface area contributed by atoms with E-state index in [0.29, 0.717) is 24.9 Å². The highest BCUT2D eigenvalue weighted by Gasteiger charge is 2.15. The number of carbonyl (C=O) groups is 1. The summed E-state index contributed by atoms with van der Waals surface area (Å²) in [6, 6.07) is 7.66. The summed E-state index contributed by atoms with van der Waals surface area (Å²) in [5.41, 5.74) is 0.776. The highest BCUT2D eigenvalue weighted by Crippen LogP contribution is 2.25. The highest BCUT2D eigenvalue weighted by molar-refractivity contribution is 5.92. The molecule has 1 aromatic carbocycles. The average Bonchev–Trinajstić information content (AvgIpc) is 2.53. The predicted molar refractivity (Wildman–Crippen MR) is 90.2 cm³/mol. The van der Waals surface area contributed by atoms with E-state index in [-0.39, 0.29) is 5.91 Å². The van der Waals surface area contributed by atoms with Gasteiger partial charge < -0.3 is 15.4 Å². The van der Waals surface area contributed by atoms with Gasteiger partial charge in [-0.15, -0.1) is 0 Å². The van der Waals surface area contributed by atoms with Crippen molar-refractivity contribution in [1.29, 1.82) is 0 Å². The Morgan fingerprint density at radius 1 is 1.32 bits per heavy atom. The van der Waals surface area contributed by atoms with E-state index in [2.05, 4.69) is 24.5 Å². The van der Waals surface area contributed by atoms with E-state index in [0.717, 1.165) is 30.9 Å². The molecule has 0 aliphatic carbocycles. The molecular weight excluding hydrogens is 276 g/mol. The number of nitrogens with one attached hydrogen (secondary N) is 2. The summed E-state index contributed by atoms with van der Waals surface area (Å²) in [4.78, 5) is 12.2. The van der Waals surface area contributed by atoms with Crippen LogP contribution in [0.1, 0.15) is 39.5 Å². The quantitative estimate of drug-likeness (QED) is 0.811. The molecule has 22 heavy (non-hydrogen) atoms. The van der Waals surface area contributed by atoms with Gasteiger partial charge in [0.25, 0.3) is 0 Å². The van der Waals surface area contributed by atoms with Gasteiger partial charge in [-0.25, -0.2) is 0 Å². The number of piperidine rings is 1. The van der Waals surface area contributed by atoms with Crippen molar-refractivity contribution in [2.75, 3.05) is 25.0 Å².